The van der Waals surface area contributed by atoms with Gasteiger partial charge in [-0.15, -0.1) is 0 Å². The van der Waals surface area contributed by atoms with E-state index >= 15 is 0 Å². The van der Waals surface area contributed by atoms with Gasteiger partial charge in [-0.05, 0) is 37.9 Å². The van der Waals surface area contributed by atoms with Crippen molar-refractivity contribution >= 4 is 10.9 Å². The smallest absolute Gasteiger partial charge is 0.252 e. The van der Waals surface area contributed by atoms with E-state index in [9.17, 15) is 9.90 Å². The Hall–Kier alpha value is -2.05. The molecule has 1 aromatic carbocycles. The molecule has 0 saturated carbocycles. The zero-order chi connectivity index (χ0) is 15.8. The first-order valence-corrected chi connectivity index (χ1v) is 8.05. The van der Waals surface area contributed by atoms with Crippen LogP contribution < -0.4 is 15.0 Å². The summed E-state index contributed by atoms with van der Waals surface area (Å²) in [5, 5.41) is 10.1. The summed E-state index contributed by atoms with van der Waals surface area (Å²) in [6, 6.07) is 6.02. The molecule has 2 N–H and O–H groups in total. The van der Waals surface area contributed by atoms with Gasteiger partial charge in [0.05, 0.1) is 5.52 Å². The highest BCUT2D eigenvalue weighted by molar-refractivity contribution is 5.83. The topological polar surface area (TPSA) is 74.8 Å². The van der Waals surface area contributed by atoms with Gasteiger partial charge >= 0.3 is 0 Å². The van der Waals surface area contributed by atoms with Gasteiger partial charge in [-0.25, -0.2) is 0 Å². The summed E-state index contributed by atoms with van der Waals surface area (Å²) < 4.78 is 10.8. The zero-order valence-electron chi connectivity index (χ0n) is 12.9. The number of nitrogens with one attached hydrogen (secondary N) is 1. The maximum absolute atomic E-state index is 12.4. The Kier molecular flexibility index (Phi) is 3.71. The molecule has 1 saturated heterocycles. The van der Waals surface area contributed by atoms with Gasteiger partial charge in [0.1, 0.15) is 0 Å². The van der Waals surface area contributed by atoms with Crippen molar-refractivity contribution in [3.8, 4) is 11.5 Å². The number of pyridine rings is 1. The first-order chi connectivity index (χ1) is 11.2. The number of aliphatic hydroxyl groups excluding tert-OH is 1. The Labute approximate surface area is 133 Å². The number of H-pyrrole nitrogens is 1. The van der Waals surface area contributed by atoms with Crippen LogP contribution in [0.5, 0.6) is 11.5 Å². The monoisotopic (exact) mass is 316 g/mol. The van der Waals surface area contributed by atoms with Crippen LogP contribution >= 0.6 is 0 Å². The molecule has 2 aliphatic rings. The average molecular weight is 316 g/mol. The summed E-state index contributed by atoms with van der Waals surface area (Å²) in [7, 11) is 0. The van der Waals surface area contributed by atoms with Crippen LogP contribution in [0.25, 0.3) is 10.9 Å². The zero-order valence-corrected chi connectivity index (χ0v) is 12.9. The highest BCUT2D eigenvalue weighted by Gasteiger charge is 2.25. The third-order valence-corrected chi connectivity index (χ3v) is 4.75. The van der Waals surface area contributed by atoms with Gasteiger partial charge in [0.15, 0.2) is 11.5 Å². The lowest BCUT2D eigenvalue weighted by Crippen LogP contribution is -2.32. The SMILES string of the molecule is O=c1[nH]c2cc3c(cc2cc1CN1CCCC1CCO)OCO3. The minimum atomic E-state index is -0.0639. The van der Waals surface area contributed by atoms with Gasteiger partial charge in [0.25, 0.3) is 5.56 Å². The van der Waals surface area contributed by atoms with E-state index in [1.165, 1.54) is 0 Å². The number of benzene rings is 1. The second-order valence-corrected chi connectivity index (χ2v) is 6.20. The molecule has 1 fully saturated rings. The molecule has 1 unspecified atom stereocenters. The lowest BCUT2D eigenvalue weighted by atomic mass is 10.1. The molecular formula is C17H20N2O4. The molecule has 0 bridgehead atoms. The number of aliphatic hydroxyl groups is 1. The van der Waals surface area contributed by atoms with Gasteiger partial charge in [-0.1, -0.05) is 0 Å². The van der Waals surface area contributed by atoms with E-state index < -0.39 is 0 Å². The van der Waals surface area contributed by atoms with Crippen molar-refractivity contribution in [3.63, 3.8) is 0 Å². The van der Waals surface area contributed by atoms with E-state index in [2.05, 4.69) is 9.88 Å². The van der Waals surface area contributed by atoms with E-state index in [-0.39, 0.29) is 19.0 Å². The van der Waals surface area contributed by atoms with Crippen LogP contribution in [0.15, 0.2) is 23.0 Å². The van der Waals surface area contributed by atoms with E-state index in [4.69, 9.17) is 9.47 Å². The number of hydrogen-bond donors (Lipinski definition) is 2. The molecule has 1 aromatic heterocycles. The van der Waals surface area contributed by atoms with Crippen LogP contribution in [-0.2, 0) is 6.54 Å². The highest BCUT2D eigenvalue weighted by Crippen LogP contribution is 2.35. The maximum atomic E-state index is 12.4. The van der Waals surface area contributed by atoms with Gasteiger partial charge in [-0.3, -0.25) is 9.69 Å². The van der Waals surface area contributed by atoms with Crippen LogP contribution in [0.4, 0.5) is 0 Å². The van der Waals surface area contributed by atoms with Gasteiger partial charge in [-0.2, -0.15) is 0 Å². The van der Waals surface area contributed by atoms with Crippen LogP contribution in [0, 0.1) is 0 Å². The summed E-state index contributed by atoms with van der Waals surface area (Å²) in [4.78, 5) is 17.6. The second-order valence-electron chi connectivity index (χ2n) is 6.20. The van der Waals surface area contributed by atoms with E-state index in [1.54, 1.807) is 0 Å². The fourth-order valence-electron chi connectivity index (χ4n) is 3.56. The summed E-state index contributed by atoms with van der Waals surface area (Å²) in [5.41, 5.74) is 1.45. The van der Waals surface area contributed by atoms with Crippen LogP contribution in [0.2, 0.25) is 0 Å². The number of hydrogen-bond acceptors (Lipinski definition) is 5. The summed E-state index contributed by atoms with van der Waals surface area (Å²) in [6.07, 6.45) is 2.98. The molecule has 23 heavy (non-hydrogen) atoms. The molecule has 4 rings (SSSR count). The molecule has 1 atom stereocenters. The van der Waals surface area contributed by atoms with Crippen molar-refractivity contribution in [1.29, 1.82) is 0 Å². The third-order valence-electron chi connectivity index (χ3n) is 4.75. The first kappa shape index (κ1) is 14.5. The van der Waals surface area contributed by atoms with E-state index in [0.29, 0.717) is 18.3 Å². The van der Waals surface area contributed by atoms with Crippen molar-refractivity contribution in [2.24, 2.45) is 0 Å². The summed E-state index contributed by atoms with van der Waals surface area (Å²) >= 11 is 0. The van der Waals surface area contributed by atoms with Gasteiger partial charge in [0.2, 0.25) is 6.79 Å². The lowest BCUT2D eigenvalue weighted by Gasteiger charge is -2.23. The Morgan fingerprint density at radius 1 is 1.26 bits per heavy atom. The maximum Gasteiger partial charge on any atom is 0.252 e. The summed E-state index contributed by atoms with van der Waals surface area (Å²) in [5.74, 6) is 1.39. The van der Waals surface area contributed by atoms with Crippen molar-refractivity contribution in [2.45, 2.75) is 31.8 Å². The number of likely N-dealkylation sites (tertiary alicyclic amines) is 1. The van der Waals surface area contributed by atoms with Crippen LogP contribution in [-0.4, -0.2) is 41.0 Å². The molecule has 122 valence electrons. The predicted octanol–water partition coefficient (Wildman–Crippen LogP) is 1.60. The van der Waals surface area contributed by atoms with E-state index in [0.717, 1.165) is 48.0 Å². The van der Waals surface area contributed by atoms with Crippen molar-refractivity contribution in [2.75, 3.05) is 19.9 Å². The molecule has 2 aromatic rings. The molecule has 0 amide bonds. The van der Waals surface area contributed by atoms with E-state index in [1.807, 2.05) is 18.2 Å². The Morgan fingerprint density at radius 3 is 2.91 bits per heavy atom. The Balaban J connectivity index is 1.66. The number of rotatable bonds is 4. The molecule has 0 aliphatic carbocycles. The van der Waals surface area contributed by atoms with Crippen LogP contribution in [0.3, 0.4) is 0 Å². The quantitative estimate of drug-likeness (QED) is 0.896. The van der Waals surface area contributed by atoms with Crippen molar-refractivity contribution < 1.29 is 14.6 Å². The number of nitrogens with zero attached hydrogens (tertiary/aromatic N) is 1. The molecule has 2 aliphatic heterocycles. The number of ether oxygens (including phenoxy) is 2. The number of aromatic nitrogens is 1. The molecule has 3 heterocycles. The van der Waals surface area contributed by atoms with Crippen LogP contribution in [0.1, 0.15) is 24.8 Å². The molecule has 0 spiro atoms. The third kappa shape index (κ3) is 2.68. The minimum Gasteiger partial charge on any atom is -0.454 e. The lowest BCUT2D eigenvalue weighted by molar-refractivity contribution is 0.174. The molecular weight excluding hydrogens is 296 g/mol. The first-order valence-electron chi connectivity index (χ1n) is 8.05. The van der Waals surface area contributed by atoms with Crippen molar-refractivity contribution in [3.05, 3.63) is 34.1 Å². The molecule has 6 heteroatoms. The number of fused-ring (bicyclic) bond motifs is 2. The molecule has 0 radical (unpaired) electrons. The Bertz CT molecular complexity index is 786. The number of aromatic amines is 1. The van der Waals surface area contributed by atoms with Crippen molar-refractivity contribution in [1.82, 2.24) is 9.88 Å². The normalized spacial score (nSPS) is 20.5. The standard InChI is InChI=1S/C17H20N2O4/c20-5-3-13-2-1-4-19(13)9-12-6-11-7-15-16(23-10-22-15)8-14(11)18-17(12)21/h6-8,13,20H,1-5,9-10H2,(H,18,21). The predicted molar refractivity (Wildman–Crippen MR) is 85.8 cm³/mol. The van der Waals surface area contributed by atoms with Gasteiger partial charge in [0, 0.05) is 36.2 Å². The fourth-order valence-corrected chi connectivity index (χ4v) is 3.56. The fraction of sp³-hybridized carbons (Fsp3) is 0.471. The van der Waals surface area contributed by atoms with Gasteiger partial charge < -0.3 is 19.6 Å². The molecule has 6 nitrogen and oxygen atoms in total. The second kappa shape index (κ2) is 5.86. The minimum absolute atomic E-state index is 0.0639. The Morgan fingerprint density at radius 2 is 2.09 bits per heavy atom. The highest BCUT2D eigenvalue weighted by atomic mass is 16.7. The summed E-state index contributed by atoms with van der Waals surface area (Å²) in [6.45, 7) is 2.01. The average Bonchev–Trinajstić information content (AvgIpc) is 3.15. The largest absolute Gasteiger partial charge is 0.454 e.